The zero-order valence-corrected chi connectivity index (χ0v) is 20.6. The van der Waals surface area contributed by atoms with E-state index in [9.17, 15) is 22.4 Å². The van der Waals surface area contributed by atoms with Crippen LogP contribution in [0, 0.1) is 5.82 Å². The van der Waals surface area contributed by atoms with Gasteiger partial charge in [-0.2, -0.15) is 0 Å². The van der Waals surface area contributed by atoms with E-state index in [1.54, 1.807) is 7.05 Å². The minimum Gasteiger partial charge on any atom is -0.494 e. The molecule has 0 atom stereocenters. The zero-order chi connectivity index (χ0) is 25.3. The topological polar surface area (TPSA) is 126 Å². The van der Waals surface area contributed by atoms with Crippen LogP contribution in [0.3, 0.4) is 0 Å². The predicted molar refractivity (Wildman–Crippen MR) is 130 cm³/mol. The number of halogens is 2. The van der Waals surface area contributed by atoms with Gasteiger partial charge in [0.25, 0.3) is 15.9 Å². The standard InChI is InChI=1S/C21H18ClFN4O6S2/c1-24-14-9-16-12(8-13(14)23)20(28)27(10-33-16)15-4-3-11(7-17(15)32-2)25-21(29)26-35(30,31)19-6-5-18(22)34-19/h3-9,24H,10H2,1-2H3,(H2,25,26,29). The molecule has 3 N–H and O–H groups in total. The number of anilines is 3. The van der Waals surface area contributed by atoms with Crippen LogP contribution in [0.2, 0.25) is 4.34 Å². The van der Waals surface area contributed by atoms with E-state index in [1.807, 2.05) is 4.72 Å². The van der Waals surface area contributed by atoms with Gasteiger partial charge in [-0.1, -0.05) is 11.6 Å². The molecule has 1 aromatic heterocycles. The van der Waals surface area contributed by atoms with Gasteiger partial charge in [0, 0.05) is 24.9 Å². The summed E-state index contributed by atoms with van der Waals surface area (Å²) in [5, 5.41) is 5.08. The number of methoxy groups -OCH3 is 1. The van der Waals surface area contributed by atoms with E-state index >= 15 is 0 Å². The Labute approximate surface area is 208 Å². The summed E-state index contributed by atoms with van der Waals surface area (Å²) in [5.41, 5.74) is 0.724. The average Bonchev–Trinajstić information content (AvgIpc) is 3.26. The molecule has 0 unspecified atom stereocenters. The first-order chi connectivity index (χ1) is 16.6. The predicted octanol–water partition coefficient (Wildman–Crippen LogP) is 4.10. The minimum atomic E-state index is -4.11. The van der Waals surface area contributed by atoms with Gasteiger partial charge in [0.05, 0.1) is 28.4 Å². The van der Waals surface area contributed by atoms with E-state index in [2.05, 4.69) is 10.6 Å². The van der Waals surface area contributed by atoms with Crippen LogP contribution in [-0.2, 0) is 10.0 Å². The minimum absolute atomic E-state index is 0.0373. The van der Waals surface area contributed by atoms with E-state index < -0.39 is 27.8 Å². The molecule has 1 aliphatic heterocycles. The number of nitrogens with zero attached hydrogens (tertiary/aromatic N) is 1. The number of thiophene rings is 1. The normalized spacial score (nSPS) is 13.0. The third-order valence-electron chi connectivity index (χ3n) is 4.93. The van der Waals surface area contributed by atoms with Crippen molar-refractivity contribution < 1.29 is 31.9 Å². The highest BCUT2D eigenvalue weighted by atomic mass is 35.5. The van der Waals surface area contributed by atoms with Crippen molar-refractivity contribution in [1.82, 2.24) is 4.72 Å². The van der Waals surface area contributed by atoms with Crippen molar-refractivity contribution in [2.75, 3.05) is 36.4 Å². The Hall–Kier alpha value is -3.55. The lowest BCUT2D eigenvalue weighted by Crippen LogP contribution is -2.39. The highest BCUT2D eigenvalue weighted by molar-refractivity contribution is 7.92. The van der Waals surface area contributed by atoms with Gasteiger partial charge in [-0.05, 0) is 30.3 Å². The molecule has 184 valence electrons. The summed E-state index contributed by atoms with van der Waals surface area (Å²) in [7, 11) is -1.20. The molecule has 0 spiro atoms. The number of amides is 3. The summed E-state index contributed by atoms with van der Waals surface area (Å²) in [4.78, 5) is 26.6. The Morgan fingerprint density at radius 2 is 2.00 bits per heavy atom. The molecular formula is C21H18ClFN4O6S2. The summed E-state index contributed by atoms with van der Waals surface area (Å²) in [6.45, 7) is -0.161. The fraction of sp³-hybridized carbons (Fsp3) is 0.143. The van der Waals surface area contributed by atoms with Crippen LogP contribution >= 0.6 is 22.9 Å². The number of carbonyl (C=O) groups is 2. The molecule has 0 saturated heterocycles. The van der Waals surface area contributed by atoms with Crippen molar-refractivity contribution in [3.8, 4) is 11.5 Å². The lowest BCUT2D eigenvalue weighted by atomic mass is 10.1. The second-order valence-corrected chi connectivity index (χ2v) is 10.7. The molecule has 1 aliphatic rings. The van der Waals surface area contributed by atoms with Gasteiger partial charge in [0.2, 0.25) is 0 Å². The summed E-state index contributed by atoms with van der Waals surface area (Å²) in [6.07, 6.45) is 0. The molecule has 3 aromatic rings. The molecule has 3 amide bonds. The van der Waals surface area contributed by atoms with Crippen molar-refractivity contribution in [2.45, 2.75) is 4.21 Å². The Balaban J connectivity index is 1.53. The second-order valence-electron chi connectivity index (χ2n) is 7.09. The number of hydrogen-bond acceptors (Lipinski definition) is 8. The first-order valence-electron chi connectivity index (χ1n) is 9.86. The molecule has 0 aliphatic carbocycles. The van der Waals surface area contributed by atoms with Crippen LogP contribution in [0.4, 0.5) is 26.2 Å². The van der Waals surface area contributed by atoms with Gasteiger partial charge in [0.1, 0.15) is 21.5 Å². The first-order valence-corrected chi connectivity index (χ1v) is 12.5. The molecule has 35 heavy (non-hydrogen) atoms. The SMILES string of the molecule is CNc1cc2c(cc1F)C(=O)N(c1ccc(NC(=O)NS(=O)(=O)c3ccc(Cl)s3)cc1OC)CO2. The summed E-state index contributed by atoms with van der Waals surface area (Å²) in [6, 6.07) is 8.49. The second kappa shape index (κ2) is 9.60. The van der Waals surface area contributed by atoms with Crippen LogP contribution in [0.5, 0.6) is 11.5 Å². The Kier molecular flexibility index (Phi) is 6.74. The third kappa shape index (κ3) is 4.97. The monoisotopic (exact) mass is 540 g/mol. The van der Waals surface area contributed by atoms with Crippen molar-refractivity contribution >= 4 is 62.0 Å². The zero-order valence-electron chi connectivity index (χ0n) is 18.2. The molecule has 0 fully saturated rings. The maximum absolute atomic E-state index is 14.2. The molecule has 14 heteroatoms. The van der Waals surface area contributed by atoms with Gasteiger partial charge in [-0.3, -0.25) is 9.69 Å². The van der Waals surface area contributed by atoms with Gasteiger partial charge in [0.15, 0.2) is 6.73 Å². The fourth-order valence-corrected chi connectivity index (χ4v) is 5.69. The Morgan fingerprint density at radius 3 is 2.66 bits per heavy atom. The summed E-state index contributed by atoms with van der Waals surface area (Å²) >= 11 is 6.56. The van der Waals surface area contributed by atoms with Crippen LogP contribution in [-0.4, -0.2) is 41.2 Å². The Bertz CT molecular complexity index is 1430. The molecule has 2 heterocycles. The number of rotatable bonds is 6. The quantitative estimate of drug-likeness (QED) is 0.430. The third-order valence-corrected chi connectivity index (χ3v) is 7.99. The van der Waals surface area contributed by atoms with E-state index in [0.29, 0.717) is 5.69 Å². The maximum atomic E-state index is 14.2. The highest BCUT2D eigenvalue weighted by Gasteiger charge is 2.30. The van der Waals surface area contributed by atoms with E-state index in [0.717, 1.165) is 17.4 Å². The summed E-state index contributed by atoms with van der Waals surface area (Å²) < 4.78 is 51.8. The number of sulfonamides is 1. The molecule has 0 bridgehead atoms. The maximum Gasteiger partial charge on any atom is 0.333 e. The Morgan fingerprint density at radius 1 is 1.23 bits per heavy atom. The highest BCUT2D eigenvalue weighted by Crippen LogP contribution is 2.37. The van der Waals surface area contributed by atoms with E-state index in [4.69, 9.17) is 21.1 Å². The molecule has 10 nitrogen and oxygen atoms in total. The van der Waals surface area contributed by atoms with Gasteiger partial charge >= 0.3 is 6.03 Å². The molecule has 0 saturated carbocycles. The average molecular weight is 541 g/mol. The molecule has 0 radical (unpaired) electrons. The van der Waals surface area contributed by atoms with Crippen molar-refractivity contribution in [3.05, 3.63) is 58.2 Å². The van der Waals surface area contributed by atoms with Gasteiger partial charge < -0.3 is 20.1 Å². The smallest absolute Gasteiger partial charge is 0.333 e. The van der Waals surface area contributed by atoms with Crippen molar-refractivity contribution in [2.24, 2.45) is 0 Å². The van der Waals surface area contributed by atoms with Gasteiger partial charge in [-0.25, -0.2) is 22.3 Å². The number of ether oxygens (including phenoxy) is 2. The molecular weight excluding hydrogens is 523 g/mol. The number of benzene rings is 2. The van der Waals surface area contributed by atoms with Crippen LogP contribution in [0.25, 0.3) is 0 Å². The largest absolute Gasteiger partial charge is 0.494 e. The van der Waals surface area contributed by atoms with Crippen LogP contribution < -0.4 is 29.7 Å². The van der Waals surface area contributed by atoms with Crippen LogP contribution in [0.1, 0.15) is 10.4 Å². The number of fused-ring (bicyclic) bond motifs is 1. The number of hydrogen-bond donors (Lipinski definition) is 3. The van der Waals surface area contributed by atoms with Crippen LogP contribution in [0.15, 0.2) is 46.7 Å². The van der Waals surface area contributed by atoms with Crippen molar-refractivity contribution in [1.29, 1.82) is 0 Å². The lowest BCUT2D eigenvalue weighted by Gasteiger charge is -2.30. The van der Waals surface area contributed by atoms with E-state index in [1.165, 1.54) is 48.4 Å². The van der Waals surface area contributed by atoms with E-state index in [-0.39, 0.29) is 43.7 Å². The summed E-state index contributed by atoms with van der Waals surface area (Å²) in [5.74, 6) is -0.699. The lowest BCUT2D eigenvalue weighted by molar-refractivity contribution is 0.0935. The number of carbonyl (C=O) groups excluding carboxylic acids is 2. The molecule has 2 aromatic carbocycles. The molecule has 4 rings (SSSR count). The number of urea groups is 1. The first kappa shape index (κ1) is 24.6. The fourth-order valence-electron chi connectivity index (χ4n) is 3.30. The number of nitrogens with one attached hydrogen (secondary N) is 3. The van der Waals surface area contributed by atoms with Gasteiger partial charge in [-0.15, -0.1) is 11.3 Å². The van der Waals surface area contributed by atoms with Crippen molar-refractivity contribution in [3.63, 3.8) is 0 Å².